The van der Waals surface area contributed by atoms with Crippen molar-refractivity contribution in [3.63, 3.8) is 0 Å². The zero-order chi connectivity index (χ0) is 16.1. The molecule has 1 atom stereocenters. The van der Waals surface area contributed by atoms with Crippen LogP contribution in [0.2, 0.25) is 0 Å². The van der Waals surface area contributed by atoms with E-state index < -0.39 is 0 Å². The Kier molecular flexibility index (Phi) is 6.15. The molecule has 0 saturated carbocycles. The van der Waals surface area contributed by atoms with Gasteiger partial charge in [0.2, 0.25) is 5.91 Å². The normalized spacial score (nSPS) is 18.0. The number of thioether (sulfide) groups is 1. The molecule has 122 valence electrons. The van der Waals surface area contributed by atoms with Gasteiger partial charge in [-0.05, 0) is 64.2 Å². The molecule has 0 N–H and O–H groups in total. The third-order valence-electron chi connectivity index (χ3n) is 4.30. The molecule has 1 fully saturated rings. The van der Waals surface area contributed by atoms with Crippen LogP contribution in [0.5, 0.6) is 5.75 Å². The Morgan fingerprint density at radius 2 is 1.91 bits per heavy atom. The lowest BCUT2D eigenvalue weighted by atomic mass is 10.0. The van der Waals surface area contributed by atoms with Crippen molar-refractivity contribution in [2.75, 3.05) is 34.3 Å². The first-order valence-electron chi connectivity index (χ1n) is 7.77. The van der Waals surface area contributed by atoms with Gasteiger partial charge in [-0.25, -0.2) is 0 Å². The van der Waals surface area contributed by atoms with E-state index in [0.717, 1.165) is 36.6 Å². The van der Waals surface area contributed by atoms with Crippen molar-refractivity contribution < 1.29 is 9.53 Å². The Hall–Kier alpha value is -1.20. The highest BCUT2D eigenvalue weighted by atomic mass is 32.2. The highest BCUT2D eigenvalue weighted by Gasteiger charge is 2.27. The molecule has 1 saturated heterocycles. The second-order valence-electron chi connectivity index (χ2n) is 5.92. The summed E-state index contributed by atoms with van der Waals surface area (Å²) >= 11 is 1.61. The van der Waals surface area contributed by atoms with Crippen molar-refractivity contribution in [3.05, 3.63) is 24.3 Å². The number of hydrogen-bond acceptors (Lipinski definition) is 4. The molecule has 1 amide bonds. The number of ether oxygens (including phenoxy) is 1. The molecule has 1 unspecified atom stereocenters. The van der Waals surface area contributed by atoms with Gasteiger partial charge < -0.3 is 14.5 Å². The molecule has 1 aromatic rings. The number of carbonyl (C=O) groups excluding carboxylic acids is 1. The van der Waals surface area contributed by atoms with Gasteiger partial charge in [0.05, 0.1) is 12.4 Å². The SMILES string of the molecule is COc1ccc(SC(C)C(=O)N(C)C2CCN(C)CC2)cc1. The van der Waals surface area contributed by atoms with E-state index in [9.17, 15) is 4.79 Å². The first kappa shape index (κ1) is 17.2. The molecule has 0 aliphatic carbocycles. The summed E-state index contributed by atoms with van der Waals surface area (Å²) in [5.74, 6) is 1.06. The molecule has 5 heteroatoms. The second-order valence-corrected chi connectivity index (χ2v) is 7.33. The van der Waals surface area contributed by atoms with Gasteiger partial charge in [0.15, 0.2) is 0 Å². The van der Waals surface area contributed by atoms with Gasteiger partial charge in [-0.15, -0.1) is 11.8 Å². The van der Waals surface area contributed by atoms with Crippen LogP contribution < -0.4 is 4.74 Å². The Morgan fingerprint density at radius 1 is 1.32 bits per heavy atom. The van der Waals surface area contributed by atoms with E-state index in [1.807, 2.05) is 43.1 Å². The molecule has 0 radical (unpaired) electrons. The molecule has 1 aliphatic rings. The average Bonchev–Trinajstić information content (AvgIpc) is 2.55. The van der Waals surface area contributed by atoms with Crippen LogP contribution in [0.1, 0.15) is 19.8 Å². The smallest absolute Gasteiger partial charge is 0.235 e. The third-order valence-corrected chi connectivity index (χ3v) is 5.40. The number of rotatable bonds is 5. The second kappa shape index (κ2) is 7.88. The maximum Gasteiger partial charge on any atom is 0.235 e. The molecule has 22 heavy (non-hydrogen) atoms. The maximum atomic E-state index is 12.6. The van der Waals surface area contributed by atoms with E-state index in [4.69, 9.17) is 4.74 Å². The number of nitrogens with zero attached hydrogens (tertiary/aromatic N) is 2. The van der Waals surface area contributed by atoms with Crippen molar-refractivity contribution in [1.82, 2.24) is 9.80 Å². The molecular formula is C17H26N2O2S. The average molecular weight is 322 g/mol. The fourth-order valence-corrected chi connectivity index (χ4v) is 3.73. The number of piperidine rings is 1. The van der Waals surface area contributed by atoms with E-state index in [1.165, 1.54) is 0 Å². The molecule has 1 aromatic carbocycles. The molecule has 0 bridgehead atoms. The van der Waals surface area contributed by atoms with Crippen LogP contribution in [0.25, 0.3) is 0 Å². The summed E-state index contributed by atoms with van der Waals surface area (Å²) in [5.41, 5.74) is 0. The van der Waals surface area contributed by atoms with Crippen LogP contribution in [-0.4, -0.2) is 61.3 Å². The van der Waals surface area contributed by atoms with Gasteiger partial charge in [0.25, 0.3) is 0 Å². The minimum absolute atomic E-state index is 0.0712. The fraction of sp³-hybridized carbons (Fsp3) is 0.588. The lowest BCUT2D eigenvalue weighted by Gasteiger charge is -2.36. The van der Waals surface area contributed by atoms with Crippen molar-refractivity contribution in [2.45, 2.75) is 36.0 Å². The Labute approximate surface area is 137 Å². The number of amides is 1. The van der Waals surface area contributed by atoms with E-state index in [2.05, 4.69) is 11.9 Å². The van der Waals surface area contributed by atoms with Crippen molar-refractivity contribution >= 4 is 17.7 Å². The van der Waals surface area contributed by atoms with E-state index in [-0.39, 0.29) is 11.2 Å². The van der Waals surface area contributed by atoms with Gasteiger partial charge in [-0.1, -0.05) is 0 Å². The summed E-state index contributed by atoms with van der Waals surface area (Å²) in [4.78, 5) is 18.0. The predicted octanol–water partition coefficient (Wildman–Crippen LogP) is 2.73. The number of likely N-dealkylation sites (tertiary alicyclic amines) is 1. The number of methoxy groups -OCH3 is 1. The summed E-state index contributed by atoms with van der Waals surface area (Å²) in [6.45, 7) is 4.13. The summed E-state index contributed by atoms with van der Waals surface area (Å²) in [6, 6.07) is 8.24. The van der Waals surface area contributed by atoms with Crippen molar-refractivity contribution in [2.24, 2.45) is 0 Å². The Bertz CT molecular complexity index is 484. The Morgan fingerprint density at radius 3 is 2.45 bits per heavy atom. The van der Waals surface area contributed by atoms with E-state index in [1.54, 1.807) is 18.9 Å². The highest BCUT2D eigenvalue weighted by Crippen LogP contribution is 2.27. The van der Waals surface area contributed by atoms with Gasteiger partial charge in [-0.2, -0.15) is 0 Å². The topological polar surface area (TPSA) is 32.8 Å². The van der Waals surface area contributed by atoms with Gasteiger partial charge in [0, 0.05) is 18.0 Å². The van der Waals surface area contributed by atoms with E-state index >= 15 is 0 Å². The zero-order valence-corrected chi connectivity index (χ0v) is 14.7. The van der Waals surface area contributed by atoms with Crippen molar-refractivity contribution in [3.8, 4) is 5.75 Å². The quantitative estimate of drug-likeness (QED) is 0.781. The standard InChI is InChI=1S/C17H26N2O2S/c1-13(22-16-7-5-15(21-4)6-8-16)17(20)19(3)14-9-11-18(2)12-10-14/h5-8,13-14H,9-12H2,1-4H3. The first-order chi connectivity index (χ1) is 10.5. The predicted molar refractivity (Wildman–Crippen MR) is 91.6 cm³/mol. The summed E-state index contributed by atoms with van der Waals surface area (Å²) in [6.07, 6.45) is 2.14. The van der Waals surface area contributed by atoms with Gasteiger partial charge in [-0.3, -0.25) is 4.79 Å². The lowest BCUT2D eigenvalue weighted by molar-refractivity contribution is -0.131. The molecule has 4 nitrogen and oxygen atoms in total. The first-order valence-corrected chi connectivity index (χ1v) is 8.65. The lowest BCUT2D eigenvalue weighted by Crippen LogP contribution is -2.46. The number of carbonyl (C=O) groups is 1. The van der Waals surface area contributed by atoms with E-state index in [0.29, 0.717) is 6.04 Å². The molecule has 1 aliphatic heterocycles. The molecule has 2 rings (SSSR count). The minimum atomic E-state index is -0.0712. The molecule has 1 heterocycles. The third kappa shape index (κ3) is 4.40. The Balaban J connectivity index is 1.90. The highest BCUT2D eigenvalue weighted by molar-refractivity contribution is 8.00. The van der Waals surface area contributed by atoms with Crippen LogP contribution in [0.4, 0.5) is 0 Å². The van der Waals surface area contributed by atoms with Crippen LogP contribution >= 0.6 is 11.8 Å². The fourth-order valence-electron chi connectivity index (χ4n) is 2.76. The van der Waals surface area contributed by atoms with Crippen molar-refractivity contribution in [1.29, 1.82) is 0 Å². The molecule has 0 aromatic heterocycles. The zero-order valence-electron chi connectivity index (χ0n) is 13.9. The maximum absolute atomic E-state index is 12.6. The summed E-state index contributed by atoms with van der Waals surface area (Å²) in [5, 5.41) is -0.0712. The van der Waals surface area contributed by atoms with Crippen LogP contribution in [0.3, 0.4) is 0 Å². The largest absolute Gasteiger partial charge is 0.497 e. The molecular weight excluding hydrogens is 296 g/mol. The van der Waals surface area contributed by atoms with Crippen LogP contribution in [0, 0.1) is 0 Å². The summed E-state index contributed by atoms with van der Waals surface area (Å²) < 4.78 is 5.16. The monoisotopic (exact) mass is 322 g/mol. The number of benzene rings is 1. The van der Waals surface area contributed by atoms with Crippen LogP contribution in [-0.2, 0) is 4.79 Å². The minimum Gasteiger partial charge on any atom is -0.497 e. The molecule has 0 spiro atoms. The van der Waals surface area contributed by atoms with Gasteiger partial charge >= 0.3 is 0 Å². The van der Waals surface area contributed by atoms with Gasteiger partial charge in [0.1, 0.15) is 5.75 Å². The summed E-state index contributed by atoms with van der Waals surface area (Å²) in [7, 11) is 5.74. The number of hydrogen-bond donors (Lipinski definition) is 0. The van der Waals surface area contributed by atoms with Crippen LogP contribution in [0.15, 0.2) is 29.2 Å².